The Morgan fingerprint density at radius 2 is 0.789 bits per heavy atom. The summed E-state index contributed by atoms with van der Waals surface area (Å²) in [6.07, 6.45) is 0. The Morgan fingerprint density at radius 1 is 0.347 bits per heavy atom. The molecule has 95 heavy (non-hydrogen) atoms. The maximum absolute atomic E-state index is 5.95. The molecule has 444 valence electrons. The van der Waals surface area contributed by atoms with E-state index in [1.54, 1.807) is 0 Å². The third-order valence-electron chi connectivity index (χ3n) is 19.2. The number of nitrogens with zero attached hydrogens (tertiary/aromatic N) is 6. The van der Waals surface area contributed by atoms with E-state index in [4.69, 9.17) is 4.98 Å². The molecular formula is C85H56B2N6SSe. The van der Waals surface area contributed by atoms with Gasteiger partial charge in [-0.15, -0.1) is 0 Å². The number of anilines is 12. The molecule has 0 fully saturated rings. The number of aromatic nitrogens is 2. The molecule has 0 radical (unpaired) electrons. The van der Waals surface area contributed by atoms with Gasteiger partial charge >= 0.3 is 568 Å². The van der Waals surface area contributed by atoms with E-state index in [1.165, 1.54) is 79.8 Å². The van der Waals surface area contributed by atoms with Crippen molar-refractivity contribution in [1.82, 2.24) is 9.55 Å². The molecule has 5 heterocycles. The standard InChI is InChI=1S/C85H56B2N6SSe/c1-9-30-57(31-10-1)85-88-82-67(46-29-51-74(82)93(85)64-44-23-8-24-45-64)79-83-70(86-68-47-25-27-49-72(68)91(62-40-19-6-20-41-62)75-52-65(54-77(94-83)80(75)86)89(58-32-11-2-12-33-58)59-34-13-3-14-35-59)56-71-84(79)95-78-55-66(90(60-36-15-4-16-37-60)61-38-17-5-18-39-61)53-76-81(78)87(71)69-48-26-28-50-73(69)92(76)63-42-21-7-22-43-63/h1-56H. The van der Waals surface area contributed by atoms with E-state index in [0.717, 1.165) is 79.2 Å². The van der Waals surface area contributed by atoms with Crippen molar-refractivity contribution in [1.29, 1.82) is 0 Å². The molecule has 19 rings (SSSR count). The molecule has 0 saturated heterocycles. The van der Waals surface area contributed by atoms with Gasteiger partial charge in [0.05, 0.1) is 0 Å². The predicted molar refractivity (Wildman–Crippen MR) is 402 cm³/mol. The summed E-state index contributed by atoms with van der Waals surface area (Å²) in [4.78, 5) is 18.4. The molecular weight excluding hydrogens is 1240 g/mol. The van der Waals surface area contributed by atoms with Crippen LogP contribution in [-0.4, -0.2) is 37.9 Å². The zero-order chi connectivity index (χ0) is 62.5. The Hall–Kier alpha value is -11.3. The first-order valence-electron chi connectivity index (χ1n) is 32.4. The summed E-state index contributed by atoms with van der Waals surface area (Å²) in [5, 5.41) is 0. The van der Waals surface area contributed by atoms with Crippen LogP contribution in [0.4, 0.5) is 68.2 Å². The molecule has 0 unspecified atom stereocenters. The van der Waals surface area contributed by atoms with Gasteiger partial charge in [-0.3, -0.25) is 0 Å². The monoisotopic (exact) mass is 1290 g/mol. The van der Waals surface area contributed by atoms with E-state index in [1.807, 2.05) is 11.8 Å². The number of imidazole rings is 1. The normalized spacial score (nSPS) is 12.9. The van der Waals surface area contributed by atoms with E-state index >= 15 is 0 Å². The molecule has 0 saturated carbocycles. The quantitative estimate of drug-likeness (QED) is 0.120. The van der Waals surface area contributed by atoms with E-state index in [2.05, 4.69) is 364 Å². The predicted octanol–water partition coefficient (Wildman–Crippen LogP) is 16.3. The second-order valence-corrected chi connectivity index (χ2v) is 27.8. The molecule has 0 atom stereocenters. The molecule has 0 spiro atoms. The Kier molecular flexibility index (Phi) is 13.3. The van der Waals surface area contributed by atoms with Gasteiger partial charge in [0, 0.05) is 0 Å². The van der Waals surface area contributed by atoms with Crippen molar-refractivity contribution < 1.29 is 0 Å². The van der Waals surface area contributed by atoms with E-state index in [0.29, 0.717) is 0 Å². The number of para-hydroxylation sites is 10. The molecule has 1 aromatic heterocycles. The fraction of sp³-hybridized carbons (Fsp3) is 0. The molecule has 0 N–H and O–H groups in total. The number of rotatable bonds is 11. The molecule has 4 aliphatic heterocycles. The van der Waals surface area contributed by atoms with Gasteiger partial charge in [0.2, 0.25) is 0 Å². The fourth-order valence-electron chi connectivity index (χ4n) is 15.3. The van der Waals surface area contributed by atoms with Crippen molar-refractivity contribution in [3.63, 3.8) is 0 Å². The van der Waals surface area contributed by atoms with Crippen LogP contribution in [-0.2, 0) is 0 Å². The average Bonchev–Trinajstić information content (AvgIpc) is 0.877. The van der Waals surface area contributed by atoms with Gasteiger partial charge in [0.25, 0.3) is 0 Å². The van der Waals surface area contributed by atoms with Crippen LogP contribution in [0.1, 0.15) is 0 Å². The van der Waals surface area contributed by atoms with Gasteiger partial charge in [-0.1, -0.05) is 0 Å². The summed E-state index contributed by atoms with van der Waals surface area (Å²) < 4.78 is 5.12. The van der Waals surface area contributed by atoms with Crippen LogP contribution in [0.5, 0.6) is 0 Å². The van der Waals surface area contributed by atoms with Crippen molar-refractivity contribution in [2.24, 2.45) is 0 Å². The van der Waals surface area contributed by atoms with Gasteiger partial charge in [-0.05, 0) is 0 Å². The number of hydrogen-bond acceptors (Lipinski definition) is 6. The van der Waals surface area contributed by atoms with Crippen LogP contribution >= 0.6 is 11.8 Å². The summed E-state index contributed by atoms with van der Waals surface area (Å²) >= 11 is 1.68. The van der Waals surface area contributed by atoms with Gasteiger partial charge < -0.3 is 0 Å². The minimum atomic E-state index is -0.268. The first-order chi connectivity index (χ1) is 47.2. The third kappa shape index (κ3) is 9.01. The molecule has 0 aliphatic carbocycles. The summed E-state index contributed by atoms with van der Waals surface area (Å²) in [5.74, 6) is 0.906. The SMILES string of the molecule is c1ccc(-c2nc3c(-c4c5c(cc6c4[Se]c4cc(N(c7ccccc7)c7ccccc7)cc7c4B6c4ccccc4N7c4ccccc4)B4c6ccccc6N(c6ccccc6)c6cc(N(c7ccccc7)c7ccccc7)cc(c64)S5)cccc3n2-c2ccccc2)cc1. The second-order valence-electron chi connectivity index (χ2n) is 24.5. The van der Waals surface area contributed by atoms with Gasteiger partial charge in [-0.2, -0.15) is 0 Å². The number of benzene rings is 14. The van der Waals surface area contributed by atoms with Crippen LogP contribution in [0, 0.1) is 0 Å². The van der Waals surface area contributed by atoms with E-state index < -0.39 is 0 Å². The molecule has 14 aromatic carbocycles. The first kappa shape index (κ1) is 55.4. The topological polar surface area (TPSA) is 30.8 Å². The van der Waals surface area contributed by atoms with Gasteiger partial charge in [0.1, 0.15) is 0 Å². The second kappa shape index (κ2) is 22.8. The van der Waals surface area contributed by atoms with Crippen molar-refractivity contribution in [3.05, 3.63) is 340 Å². The van der Waals surface area contributed by atoms with Crippen LogP contribution in [0.2, 0.25) is 0 Å². The van der Waals surface area contributed by atoms with Crippen LogP contribution in [0.25, 0.3) is 39.2 Å². The first-order valence-corrected chi connectivity index (χ1v) is 35.0. The van der Waals surface area contributed by atoms with Crippen LogP contribution in [0.15, 0.2) is 350 Å². The van der Waals surface area contributed by atoms with Gasteiger partial charge in [0.15, 0.2) is 0 Å². The van der Waals surface area contributed by atoms with Crippen molar-refractivity contribution in [3.8, 4) is 28.2 Å². The molecule has 0 amide bonds. The average molecular weight is 1290 g/mol. The van der Waals surface area contributed by atoms with Crippen molar-refractivity contribution in [2.75, 3.05) is 19.6 Å². The molecule has 6 nitrogen and oxygen atoms in total. The van der Waals surface area contributed by atoms with Crippen LogP contribution in [0.3, 0.4) is 0 Å². The van der Waals surface area contributed by atoms with Crippen molar-refractivity contribution in [2.45, 2.75) is 9.79 Å². The van der Waals surface area contributed by atoms with E-state index in [9.17, 15) is 0 Å². The fourth-order valence-corrected chi connectivity index (χ4v) is 19.6. The van der Waals surface area contributed by atoms with E-state index in [-0.39, 0.29) is 28.4 Å². The summed E-state index contributed by atoms with van der Waals surface area (Å²) in [6.45, 7) is -0.269. The summed E-state index contributed by atoms with van der Waals surface area (Å²) in [6, 6.07) is 125. The molecule has 15 aromatic rings. The zero-order valence-electron chi connectivity index (χ0n) is 51.5. The zero-order valence-corrected chi connectivity index (χ0v) is 54.0. The maximum atomic E-state index is 5.95. The third-order valence-corrected chi connectivity index (χ3v) is 22.9. The molecule has 0 bridgehead atoms. The minimum absolute atomic E-state index is 0.124. The van der Waals surface area contributed by atoms with Gasteiger partial charge in [-0.25, -0.2) is 0 Å². The van der Waals surface area contributed by atoms with Crippen molar-refractivity contribution >= 4 is 161 Å². The molecule has 4 aliphatic rings. The summed E-state index contributed by atoms with van der Waals surface area (Å²) in [5.41, 5.74) is 28.0. The Bertz CT molecular complexity index is 5120. The summed E-state index contributed by atoms with van der Waals surface area (Å²) in [7, 11) is 0. The molecule has 10 heteroatoms. The Labute approximate surface area is 564 Å². The van der Waals surface area contributed by atoms with Crippen LogP contribution < -0.4 is 61.3 Å². The number of hydrogen-bond donors (Lipinski definition) is 0. The Morgan fingerprint density at radius 3 is 1.32 bits per heavy atom. The number of fused-ring (bicyclic) bond motifs is 9. The Balaban J connectivity index is 0.944.